The van der Waals surface area contributed by atoms with Crippen molar-refractivity contribution < 1.29 is 4.39 Å². The summed E-state index contributed by atoms with van der Waals surface area (Å²) in [4.78, 5) is 0. The predicted octanol–water partition coefficient (Wildman–Crippen LogP) is 1.86. The zero-order chi connectivity index (χ0) is 7.56. The normalized spacial score (nSPS) is 37.5. The summed E-state index contributed by atoms with van der Waals surface area (Å²) in [6, 6.07) is 0.179. The van der Waals surface area contributed by atoms with E-state index in [1.165, 1.54) is 0 Å². The van der Waals surface area contributed by atoms with Crippen molar-refractivity contribution in [3.8, 4) is 0 Å². The van der Waals surface area contributed by atoms with E-state index in [2.05, 4.69) is 0 Å². The minimum atomic E-state index is -0.579. The second-order valence-electron chi connectivity index (χ2n) is 3.38. The average Bonchev–Trinajstić information content (AvgIpc) is 1.88. The molecule has 1 saturated carbocycles. The Balaban J connectivity index is 2.32. The summed E-state index contributed by atoms with van der Waals surface area (Å²) in [7, 11) is 0. The van der Waals surface area contributed by atoms with Gasteiger partial charge >= 0.3 is 0 Å². The average molecular weight is 145 g/mol. The lowest BCUT2D eigenvalue weighted by Crippen LogP contribution is -2.31. The van der Waals surface area contributed by atoms with Crippen LogP contribution in [0.1, 0.15) is 32.6 Å². The molecule has 0 bridgehead atoms. The van der Waals surface area contributed by atoms with Crippen LogP contribution in [0.4, 0.5) is 4.39 Å². The Morgan fingerprint density at radius 1 is 1.50 bits per heavy atom. The van der Waals surface area contributed by atoms with Crippen LogP contribution in [0.25, 0.3) is 0 Å². The first-order valence-corrected chi connectivity index (χ1v) is 4.10. The van der Waals surface area contributed by atoms with Gasteiger partial charge in [0.2, 0.25) is 0 Å². The third-order valence-electron chi connectivity index (χ3n) is 2.39. The molecule has 3 atom stereocenters. The molecule has 0 spiro atoms. The van der Waals surface area contributed by atoms with Gasteiger partial charge in [-0.25, -0.2) is 4.39 Å². The maximum Gasteiger partial charge on any atom is 0.100 e. The van der Waals surface area contributed by atoms with Gasteiger partial charge in [-0.05, 0) is 32.1 Å². The summed E-state index contributed by atoms with van der Waals surface area (Å²) in [5.74, 6) is 0.434. The Bertz CT molecular complexity index is 103. The van der Waals surface area contributed by atoms with Gasteiger partial charge in [-0.15, -0.1) is 0 Å². The largest absolute Gasteiger partial charge is 0.328 e. The van der Waals surface area contributed by atoms with Gasteiger partial charge in [-0.1, -0.05) is 6.42 Å². The summed E-state index contributed by atoms with van der Waals surface area (Å²) in [5.41, 5.74) is 5.66. The molecule has 60 valence electrons. The van der Waals surface area contributed by atoms with Crippen LogP contribution in [0, 0.1) is 5.92 Å². The van der Waals surface area contributed by atoms with E-state index in [9.17, 15) is 4.39 Å². The minimum Gasteiger partial charge on any atom is -0.328 e. The summed E-state index contributed by atoms with van der Waals surface area (Å²) >= 11 is 0. The van der Waals surface area contributed by atoms with E-state index in [1.54, 1.807) is 0 Å². The van der Waals surface area contributed by atoms with Crippen LogP contribution >= 0.6 is 0 Å². The van der Waals surface area contributed by atoms with Gasteiger partial charge in [0.25, 0.3) is 0 Å². The van der Waals surface area contributed by atoms with Crippen molar-refractivity contribution in [1.82, 2.24) is 0 Å². The van der Waals surface area contributed by atoms with Gasteiger partial charge in [-0.3, -0.25) is 0 Å². The fraction of sp³-hybridized carbons (Fsp3) is 1.00. The number of hydrogen-bond donors (Lipinski definition) is 1. The Morgan fingerprint density at radius 3 is 2.60 bits per heavy atom. The molecule has 2 N–H and O–H groups in total. The standard InChI is InChI=1S/C8H16FN/c1-6(10)7-3-2-4-8(9)5-7/h6-8H,2-5,10H2,1H3. The van der Waals surface area contributed by atoms with Crippen LogP contribution in [0.5, 0.6) is 0 Å². The van der Waals surface area contributed by atoms with Crippen LogP contribution in [0.2, 0.25) is 0 Å². The number of halogens is 1. The second kappa shape index (κ2) is 3.33. The first kappa shape index (κ1) is 7.99. The quantitative estimate of drug-likeness (QED) is 0.598. The van der Waals surface area contributed by atoms with Crippen LogP contribution < -0.4 is 5.73 Å². The molecule has 0 heterocycles. The SMILES string of the molecule is CC(N)C1CCCC(F)C1. The summed E-state index contributed by atoms with van der Waals surface area (Å²) in [6.45, 7) is 1.97. The van der Waals surface area contributed by atoms with Crippen molar-refractivity contribution in [2.45, 2.75) is 44.8 Å². The molecule has 10 heavy (non-hydrogen) atoms. The molecule has 0 saturated heterocycles. The molecular weight excluding hydrogens is 129 g/mol. The topological polar surface area (TPSA) is 26.0 Å². The monoisotopic (exact) mass is 145 g/mol. The van der Waals surface area contributed by atoms with Gasteiger partial charge in [0.05, 0.1) is 0 Å². The fourth-order valence-electron chi connectivity index (χ4n) is 1.64. The lowest BCUT2D eigenvalue weighted by atomic mass is 9.84. The summed E-state index contributed by atoms with van der Waals surface area (Å²) < 4.78 is 12.7. The Kier molecular flexibility index (Phi) is 2.66. The van der Waals surface area contributed by atoms with Crippen molar-refractivity contribution in [2.75, 3.05) is 0 Å². The van der Waals surface area contributed by atoms with Crippen molar-refractivity contribution in [3.63, 3.8) is 0 Å². The molecule has 1 nitrogen and oxygen atoms in total. The molecule has 1 aliphatic carbocycles. The highest BCUT2D eigenvalue weighted by molar-refractivity contribution is 4.77. The molecule has 2 heteroatoms. The van der Waals surface area contributed by atoms with Crippen molar-refractivity contribution in [1.29, 1.82) is 0 Å². The third-order valence-corrected chi connectivity index (χ3v) is 2.39. The zero-order valence-electron chi connectivity index (χ0n) is 6.52. The molecule has 0 aliphatic heterocycles. The molecule has 1 fully saturated rings. The van der Waals surface area contributed by atoms with Crippen molar-refractivity contribution in [3.05, 3.63) is 0 Å². The maximum atomic E-state index is 12.7. The van der Waals surface area contributed by atoms with Gasteiger partial charge in [-0.2, -0.15) is 0 Å². The second-order valence-corrected chi connectivity index (χ2v) is 3.38. The van der Waals surface area contributed by atoms with E-state index in [4.69, 9.17) is 5.73 Å². The Morgan fingerprint density at radius 2 is 2.20 bits per heavy atom. The molecule has 0 aromatic carbocycles. The maximum absolute atomic E-state index is 12.7. The minimum absolute atomic E-state index is 0.179. The Labute approximate surface area is 61.8 Å². The van der Waals surface area contributed by atoms with E-state index in [0.29, 0.717) is 12.3 Å². The predicted molar refractivity (Wildman–Crippen MR) is 40.5 cm³/mol. The molecule has 3 unspecified atom stereocenters. The highest BCUT2D eigenvalue weighted by atomic mass is 19.1. The van der Waals surface area contributed by atoms with Gasteiger partial charge in [0, 0.05) is 6.04 Å². The smallest absolute Gasteiger partial charge is 0.100 e. The van der Waals surface area contributed by atoms with E-state index in [0.717, 1.165) is 19.3 Å². The molecule has 0 amide bonds. The third kappa shape index (κ3) is 1.94. The van der Waals surface area contributed by atoms with E-state index in [-0.39, 0.29) is 6.04 Å². The van der Waals surface area contributed by atoms with Crippen molar-refractivity contribution >= 4 is 0 Å². The highest BCUT2D eigenvalue weighted by Crippen LogP contribution is 2.27. The molecule has 0 aromatic rings. The number of nitrogens with two attached hydrogens (primary N) is 1. The zero-order valence-corrected chi connectivity index (χ0v) is 6.52. The summed E-state index contributed by atoms with van der Waals surface area (Å²) in [6.07, 6.45) is 3.01. The van der Waals surface area contributed by atoms with Gasteiger partial charge < -0.3 is 5.73 Å². The van der Waals surface area contributed by atoms with Gasteiger partial charge in [0.15, 0.2) is 0 Å². The fourth-order valence-corrected chi connectivity index (χ4v) is 1.64. The summed E-state index contributed by atoms with van der Waals surface area (Å²) in [5, 5.41) is 0. The van der Waals surface area contributed by atoms with Crippen LogP contribution in [0.15, 0.2) is 0 Å². The van der Waals surface area contributed by atoms with E-state index in [1.807, 2.05) is 6.92 Å². The number of alkyl halides is 1. The Hall–Kier alpha value is -0.110. The first-order chi connectivity index (χ1) is 4.70. The van der Waals surface area contributed by atoms with E-state index >= 15 is 0 Å². The van der Waals surface area contributed by atoms with E-state index < -0.39 is 6.17 Å². The van der Waals surface area contributed by atoms with Crippen LogP contribution in [-0.4, -0.2) is 12.2 Å². The molecule has 1 rings (SSSR count). The van der Waals surface area contributed by atoms with Crippen LogP contribution in [0.3, 0.4) is 0 Å². The van der Waals surface area contributed by atoms with Gasteiger partial charge in [0.1, 0.15) is 6.17 Å². The number of hydrogen-bond acceptors (Lipinski definition) is 1. The molecule has 0 aromatic heterocycles. The molecular formula is C8H16FN. The van der Waals surface area contributed by atoms with Crippen LogP contribution in [-0.2, 0) is 0 Å². The lowest BCUT2D eigenvalue weighted by molar-refractivity contribution is 0.184. The number of rotatable bonds is 1. The molecule has 1 aliphatic rings. The molecule has 0 radical (unpaired) electrons. The first-order valence-electron chi connectivity index (χ1n) is 4.10. The van der Waals surface area contributed by atoms with Crippen molar-refractivity contribution in [2.24, 2.45) is 11.7 Å². The highest BCUT2D eigenvalue weighted by Gasteiger charge is 2.23. The lowest BCUT2D eigenvalue weighted by Gasteiger charge is -2.27.